The molecule has 8 heteroatoms. The topological polar surface area (TPSA) is 86.7 Å². The summed E-state index contributed by atoms with van der Waals surface area (Å²) in [5.74, 6) is 0.0815. The number of hydrogen-bond donors (Lipinski definition) is 0. The number of nitro benzene ring substituents is 1. The van der Waals surface area contributed by atoms with Crippen molar-refractivity contribution in [3.63, 3.8) is 0 Å². The van der Waals surface area contributed by atoms with Crippen molar-refractivity contribution in [2.24, 2.45) is 10.9 Å². The van der Waals surface area contributed by atoms with E-state index in [-0.39, 0.29) is 11.6 Å². The molecule has 0 saturated carbocycles. The number of ether oxygens (including phenoxy) is 1. The third kappa shape index (κ3) is 3.72. The van der Waals surface area contributed by atoms with Gasteiger partial charge in [0.2, 0.25) is 0 Å². The molecule has 1 aromatic heterocycles. The third-order valence-electron chi connectivity index (χ3n) is 4.61. The zero-order chi connectivity index (χ0) is 18.8. The van der Waals surface area contributed by atoms with E-state index in [1.807, 2.05) is 29.0 Å². The molecule has 1 aromatic carbocycles. The van der Waals surface area contributed by atoms with Crippen LogP contribution in [0.2, 0.25) is 0 Å². The van der Waals surface area contributed by atoms with Gasteiger partial charge in [-0.25, -0.2) is 4.99 Å². The molecule has 0 atom stereocenters. The molecule has 2 aliphatic rings. The first-order valence-electron chi connectivity index (χ1n) is 8.64. The molecule has 2 aromatic rings. The van der Waals surface area contributed by atoms with Crippen LogP contribution in [0.4, 0.5) is 5.69 Å². The molecule has 1 fully saturated rings. The summed E-state index contributed by atoms with van der Waals surface area (Å²) in [6, 6.07) is 10.1. The fourth-order valence-corrected chi connectivity index (χ4v) is 4.23. The van der Waals surface area contributed by atoms with Crippen LogP contribution in [0.3, 0.4) is 0 Å². The number of thioether (sulfide) groups is 1. The summed E-state index contributed by atoms with van der Waals surface area (Å²) >= 11 is 1.44. The fraction of sp³-hybridized carbons (Fsp3) is 0.263. The lowest BCUT2D eigenvalue weighted by molar-refractivity contribution is -0.384. The van der Waals surface area contributed by atoms with Crippen molar-refractivity contribution in [1.29, 1.82) is 0 Å². The number of aromatic nitrogens is 1. The van der Waals surface area contributed by atoms with E-state index in [0.29, 0.717) is 24.0 Å². The van der Waals surface area contributed by atoms with Gasteiger partial charge < -0.3 is 9.30 Å². The lowest BCUT2D eigenvalue weighted by Gasteiger charge is -2.20. The third-order valence-corrected chi connectivity index (χ3v) is 5.75. The summed E-state index contributed by atoms with van der Waals surface area (Å²) in [5.41, 5.74) is 1.66. The van der Waals surface area contributed by atoms with Gasteiger partial charge in [0, 0.05) is 48.8 Å². The Labute approximate surface area is 159 Å². The number of non-ortho nitro benzene ring substituents is 1. The first-order valence-corrected chi connectivity index (χ1v) is 9.46. The van der Waals surface area contributed by atoms with Gasteiger partial charge in [-0.1, -0.05) is 11.8 Å². The molecule has 0 radical (unpaired) electrons. The molecule has 27 heavy (non-hydrogen) atoms. The highest BCUT2D eigenvalue weighted by Gasteiger charge is 2.29. The van der Waals surface area contributed by atoms with Crippen LogP contribution >= 0.6 is 11.8 Å². The fourth-order valence-electron chi connectivity index (χ4n) is 3.16. The molecule has 0 spiro atoms. The van der Waals surface area contributed by atoms with E-state index in [1.165, 1.54) is 23.9 Å². The molecule has 0 bridgehead atoms. The number of aliphatic imine (C=N–C) groups is 1. The van der Waals surface area contributed by atoms with Gasteiger partial charge in [-0.15, -0.1) is 0 Å². The Morgan fingerprint density at radius 1 is 1.22 bits per heavy atom. The minimum Gasteiger partial charge on any atom is -0.381 e. The number of amides is 1. The SMILES string of the molecule is O=C1N=C(C2CCOCC2)SC1=Cc1cccn1-c1ccc([N+](=O)[O-])cc1. The van der Waals surface area contributed by atoms with Crippen molar-refractivity contribution in [2.45, 2.75) is 12.8 Å². The Kier molecular flexibility index (Phi) is 4.91. The van der Waals surface area contributed by atoms with Gasteiger partial charge in [-0.3, -0.25) is 14.9 Å². The van der Waals surface area contributed by atoms with E-state index in [4.69, 9.17) is 4.74 Å². The Hall–Kier alpha value is -2.71. The smallest absolute Gasteiger partial charge is 0.284 e. The second-order valence-corrected chi connectivity index (χ2v) is 7.39. The molecule has 0 unspecified atom stereocenters. The van der Waals surface area contributed by atoms with Crippen LogP contribution in [0, 0.1) is 16.0 Å². The van der Waals surface area contributed by atoms with Gasteiger partial charge in [0.1, 0.15) is 0 Å². The van der Waals surface area contributed by atoms with E-state index in [2.05, 4.69) is 4.99 Å². The molecule has 1 saturated heterocycles. The molecule has 138 valence electrons. The maximum Gasteiger partial charge on any atom is 0.284 e. The molecular formula is C19H17N3O4S. The van der Waals surface area contributed by atoms with Crippen LogP contribution in [0.15, 0.2) is 52.5 Å². The minimum atomic E-state index is -0.425. The number of nitrogens with zero attached hydrogens (tertiary/aromatic N) is 3. The second kappa shape index (κ2) is 7.50. The minimum absolute atomic E-state index is 0.0434. The van der Waals surface area contributed by atoms with Crippen LogP contribution in [-0.2, 0) is 9.53 Å². The van der Waals surface area contributed by atoms with Gasteiger partial charge in [0.15, 0.2) is 0 Å². The molecule has 3 heterocycles. The predicted molar refractivity (Wildman–Crippen MR) is 104 cm³/mol. The number of carbonyl (C=O) groups is 1. The van der Waals surface area contributed by atoms with E-state index in [1.54, 1.807) is 12.1 Å². The van der Waals surface area contributed by atoms with Gasteiger partial charge in [-0.2, -0.15) is 0 Å². The van der Waals surface area contributed by atoms with Crippen LogP contribution in [0.25, 0.3) is 11.8 Å². The first-order chi connectivity index (χ1) is 13.1. The molecule has 0 N–H and O–H groups in total. The van der Waals surface area contributed by atoms with Gasteiger partial charge in [0.25, 0.3) is 11.6 Å². The average molecular weight is 383 g/mol. The first kappa shape index (κ1) is 17.7. The van der Waals surface area contributed by atoms with Crippen molar-refractivity contribution in [2.75, 3.05) is 13.2 Å². The lowest BCUT2D eigenvalue weighted by Crippen LogP contribution is -2.20. The van der Waals surface area contributed by atoms with Crippen LogP contribution < -0.4 is 0 Å². The Morgan fingerprint density at radius 2 is 1.96 bits per heavy atom. The quantitative estimate of drug-likeness (QED) is 0.455. The van der Waals surface area contributed by atoms with Crippen LogP contribution in [0.1, 0.15) is 18.5 Å². The van der Waals surface area contributed by atoms with Crippen molar-refractivity contribution in [3.8, 4) is 5.69 Å². The number of rotatable bonds is 4. The largest absolute Gasteiger partial charge is 0.381 e. The van der Waals surface area contributed by atoms with Crippen molar-refractivity contribution in [3.05, 3.63) is 63.3 Å². The standard InChI is InChI=1S/C19H17N3O4S/c23-18-17(27-19(20-18)13-7-10-26-11-8-13)12-16-2-1-9-21(16)14-3-5-15(6-4-14)22(24)25/h1-6,9,12-13H,7-8,10-11H2. The maximum absolute atomic E-state index is 12.3. The zero-order valence-corrected chi connectivity index (χ0v) is 15.2. The van der Waals surface area contributed by atoms with E-state index in [0.717, 1.165) is 29.3 Å². The second-order valence-electron chi connectivity index (χ2n) is 6.33. The number of nitro groups is 1. The van der Waals surface area contributed by atoms with Crippen molar-refractivity contribution >= 4 is 34.5 Å². The number of benzene rings is 1. The highest BCUT2D eigenvalue weighted by Crippen LogP contribution is 2.35. The number of carbonyl (C=O) groups excluding carboxylic acids is 1. The van der Waals surface area contributed by atoms with Crippen LogP contribution in [-0.4, -0.2) is 33.7 Å². The molecular weight excluding hydrogens is 366 g/mol. The maximum atomic E-state index is 12.3. The Morgan fingerprint density at radius 3 is 2.67 bits per heavy atom. The summed E-state index contributed by atoms with van der Waals surface area (Å²) in [7, 11) is 0. The molecule has 0 aliphatic carbocycles. The van der Waals surface area contributed by atoms with E-state index in [9.17, 15) is 14.9 Å². The Balaban J connectivity index is 1.56. The summed E-state index contributed by atoms with van der Waals surface area (Å²) in [4.78, 5) is 27.6. The highest BCUT2D eigenvalue weighted by molar-refractivity contribution is 8.18. The Bertz CT molecular complexity index is 940. The van der Waals surface area contributed by atoms with Crippen LogP contribution in [0.5, 0.6) is 0 Å². The zero-order valence-electron chi connectivity index (χ0n) is 14.4. The van der Waals surface area contributed by atoms with Gasteiger partial charge in [0.05, 0.1) is 14.9 Å². The summed E-state index contributed by atoms with van der Waals surface area (Å²) in [6.45, 7) is 1.42. The predicted octanol–water partition coefficient (Wildman–Crippen LogP) is 3.82. The average Bonchev–Trinajstić information content (AvgIpc) is 3.30. The molecule has 1 amide bonds. The summed E-state index contributed by atoms with van der Waals surface area (Å²) in [6.07, 6.45) is 5.47. The van der Waals surface area contributed by atoms with Gasteiger partial charge >= 0.3 is 0 Å². The molecule has 7 nitrogen and oxygen atoms in total. The van der Waals surface area contributed by atoms with E-state index >= 15 is 0 Å². The summed E-state index contributed by atoms with van der Waals surface area (Å²) in [5, 5.41) is 11.7. The molecule has 2 aliphatic heterocycles. The van der Waals surface area contributed by atoms with Gasteiger partial charge in [-0.05, 0) is 43.2 Å². The number of hydrogen-bond acceptors (Lipinski definition) is 5. The lowest BCUT2D eigenvalue weighted by atomic mass is 10.0. The molecule has 4 rings (SSSR count). The van der Waals surface area contributed by atoms with E-state index < -0.39 is 4.92 Å². The monoisotopic (exact) mass is 383 g/mol. The normalized spacial score (nSPS) is 19.5. The highest BCUT2D eigenvalue weighted by atomic mass is 32.2. The van der Waals surface area contributed by atoms with Crippen molar-refractivity contribution < 1.29 is 14.5 Å². The summed E-state index contributed by atoms with van der Waals surface area (Å²) < 4.78 is 7.26. The van der Waals surface area contributed by atoms with Crippen molar-refractivity contribution in [1.82, 2.24) is 4.57 Å².